The van der Waals surface area contributed by atoms with Crippen LogP contribution < -0.4 is 66.5 Å². The SMILES string of the molecule is C=P(C)(C)CC[C@H]1OC(n2cc(CN(C)C(=O)C(F)(F)F)c(=O)[nH]c2=O)[C@H](O)[C@@H]1O.C=P(C)(C)CC[C@H]1OC(n2cc(CN(CC(=O)OC(C)(C)C)C(=O)C(F)(F)F)c(=O)[nH]c2=O)[C@H](O)[C@@H]1O.C=P(C)(C)CC[C@H]1OC(n2cc(CNCC(C)=O)c(=O)[nH]c2=O)[C@H](O)[C@@H]1O.C=P(C)(C)CC[C@H]1OC(n2cc(CNCC(C)=O)c(=O)[nH]c2=O)[C@H](OC)[C@@H]1O.C=P(C)(C)CC[C@H]1OC(n2cc(CNCC(C)=O)c(=O)[nH]c2=S)[C@H](O)[C@@H]1O. The molecule has 10 rings (SSSR count). The van der Waals surface area contributed by atoms with Gasteiger partial charge in [0.25, 0.3) is 27.8 Å². The summed E-state index contributed by atoms with van der Waals surface area (Å²) in [7, 11) is 2.30. The van der Waals surface area contributed by atoms with Crippen LogP contribution in [0.5, 0.6) is 0 Å². The number of rotatable bonds is 39. The molecule has 5 unspecified atom stereocenters. The lowest BCUT2D eigenvalue weighted by Gasteiger charge is -2.26. The van der Waals surface area contributed by atoms with Gasteiger partial charge in [-0.15, -0.1) is 65.9 Å². The molecule has 0 aromatic carbocycles. The minimum absolute atomic E-state index is 0.0455. The van der Waals surface area contributed by atoms with Crippen LogP contribution in [0, 0.1) is 4.77 Å². The topological polar surface area (TPSA) is 649 Å². The highest BCUT2D eigenvalue weighted by atomic mass is 32.1. The molecule has 5 aromatic heterocycles. The van der Waals surface area contributed by atoms with Gasteiger partial charge in [-0.3, -0.25) is 100 Å². The molecule has 10 heterocycles. The number of nitrogens with zero attached hydrogens (tertiary/aromatic N) is 7. The van der Waals surface area contributed by atoms with Crippen molar-refractivity contribution >= 4 is 113 Å². The van der Waals surface area contributed by atoms with Crippen molar-refractivity contribution in [1.29, 1.82) is 0 Å². The van der Waals surface area contributed by atoms with E-state index in [9.17, 15) is 144 Å². The molecule has 5 aliphatic rings. The van der Waals surface area contributed by atoms with Gasteiger partial charge in [-0.25, -0.2) is 19.2 Å². The predicted molar refractivity (Wildman–Crippen MR) is 559 cm³/mol. The Kier molecular flexibility index (Phi) is 46.9. The highest BCUT2D eigenvalue weighted by Gasteiger charge is 2.51. The van der Waals surface area contributed by atoms with Crippen LogP contribution in [-0.2, 0) is 94.6 Å². The second-order valence-electron chi connectivity index (χ2n) is 41.6. The van der Waals surface area contributed by atoms with E-state index in [4.69, 9.17) is 45.4 Å². The van der Waals surface area contributed by atoms with E-state index in [0.29, 0.717) is 50.0 Å². The Morgan fingerprint density at radius 1 is 0.396 bits per heavy atom. The highest BCUT2D eigenvalue weighted by Crippen LogP contribution is 2.45. The van der Waals surface area contributed by atoms with Crippen molar-refractivity contribution in [3.8, 4) is 0 Å². The van der Waals surface area contributed by atoms with Gasteiger partial charge in [-0.1, -0.05) is 0 Å². The first-order valence-electron chi connectivity index (χ1n) is 46.8. The van der Waals surface area contributed by atoms with Crippen LogP contribution in [0.4, 0.5) is 26.3 Å². The van der Waals surface area contributed by atoms with Crippen LogP contribution in [0.1, 0.15) is 133 Å². The molecule has 5 saturated heterocycles. The Morgan fingerprint density at radius 3 is 0.919 bits per heavy atom. The molecular formula is C91H144F6N15O31P5S. The van der Waals surface area contributed by atoms with Gasteiger partial charge in [0, 0.05) is 81.5 Å². The molecule has 5 aliphatic heterocycles. The summed E-state index contributed by atoms with van der Waals surface area (Å²) in [6, 6.07) is 0. The van der Waals surface area contributed by atoms with Gasteiger partial charge >= 0.3 is 52.9 Å². The molecule has 20 atom stereocenters. The van der Waals surface area contributed by atoms with Gasteiger partial charge in [-0.05, 0) is 183 Å². The van der Waals surface area contributed by atoms with Gasteiger partial charge in [0.05, 0.1) is 74.4 Å². The summed E-state index contributed by atoms with van der Waals surface area (Å²) >= 11 is 5.20. The number of Topliss-reactive ketones (excluding diaryl/α,β-unsaturated/α-hetero) is 3. The van der Waals surface area contributed by atoms with Crippen molar-refractivity contribution in [1.82, 2.24) is 73.5 Å². The Balaban J connectivity index is 0.000000286. The number of amides is 2. The molecular weight excluding hydrogens is 2100 g/mol. The van der Waals surface area contributed by atoms with Gasteiger partial charge in [0.1, 0.15) is 90.5 Å². The maximum Gasteiger partial charge on any atom is 0.471 e. The lowest BCUT2D eigenvalue weighted by molar-refractivity contribution is -0.188. The van der Waals surface area contributed by atoms with E-state index < -0.39 is 263 Å². The molecule has 0 saturated carbocycles. The zero-order chi connectivity index (χ0) is 113. The number of aromatic nitrogens is 10. The van der Waals surface area contributed by atoms with E-state index in [1.165, 1.54) is 76.4 Å². The van der Waals surface area contributed by atoms with Crippen LogP contribution in [0.15, 0.2) is 74.1 Å². The van der Waals surface area contributed by atoms with Crippen molar-refractivity contribution in [2.75, 3.05) is 138 Å². The fourth-order valence-corrected chi connectivity index (χ4v) is 20.6. The van der Waals surface area contributed by atoms with Crippen LogP contribution in [0.2, 0.25) is 0 Å². The number of carbonyl (C=O) groups excluding carboxylic acids is 6. The summed E-state index contributed by atoms with van der Waals surface area (Å²) < 4.78 is 122. The van der Waals surface area contributed by atoms with Gasteiger partial charge < -0.3 is 105 Å². The number of hydrogen-bond donors (Lipinski definition) is 17. The maximum atomic E-state index is 13.2. The number of nitrogens with one attached hydrogen (secondary N) is 8. The van der Waals surface area contributed by atoms with E-state index in [-0.39, 0.29) is 93.4 Å². The van der Waals surface area contributed by atoms with Crippen LogP contribution in [0.25, 0.3) is 0 Å². The number of H-pyrrole nitrogens is 5. The minimum Gasteiger partial charge on any atom is -0.459 e. The summed E-state index contributed by atoms with van der Waals surface area (Å²) in [5, 5.41) is 102. The summed E-state index contributed by atoms with van der Waals surface area (Å²) in [5.41, 5.74) is -8.04. The number of methoxy groups -OCH3 is 1. The molecule has 46 nitrogen and oxygen atoms in total. The number of carbonyl (C=O) groups is 6. The molecule has 5 fully saturated rings. The number of halogens is 6. The first kappa shape index (κ1) is 129. The Morgan fingerprint density at radius 2 is 0.644 bits per heavy atom. The number of hydrogen-bond acceptors (Lipinski definition) is 35. The summed E-state index contributed by atoms with van der Waals surface area (Å²) in [6.45, 7) is 20.2. The largest absolute Gasteiger partial charge is 0.471 e. The third-order valence-electron chi connectivity index (χ3n) is 23.3. The normalized spacial score (nSPS) is 24.7. The lowest BCUT2D eigenvalue weighted by atomic mass is 10.1. The van der Waals surface area contributed by atoms with E-state index in [1.54, 1.807) is 0 Å². The molecule has 842 valence electrons. The zero-order valence-electron chi connectivity index (χ0n) is 86.5. The number of ether oxygens (including phenoxy) is 7. The Hall–Kier alpha value is -8.40. The first-order chi connectivity index (χ1) is 68.3. The van der Waals surface area contributed by atoms with E-state index in [0.717, 1.165) is 51.6 Å². The number of aliphatic hydroxyl groups is 9. The van der Waals surface area contributed by atoms with Crippen molar-refractivity contribution in [2.24, 2.45) is 0 Å². The fraction of sp³-hybridized carbons (Fsp3) is 0.659. The number of ketones is 3. The molecule has 0 spiro atoms. The van der Waals surface area contributed by atoms with Gasteiger partial charge in [0.15, 0.2) is 35.9 Å². The zero-order valence-corrected chi connectivity index (χ0v) is 91.7. The second kappa shape index (κ2) is 54.1. The Labute approximate surface area is 858 Å². The van der Waals surface area contributed by atoms with E-state index in [2.05, 4.69) is 102 Å². The number of aromatic amines is 5. The third kappa shape index (κ3) is 39.5. The molecule has 0 radical (unpaired) electrons. The molecule has 5 aromatic rings. The molecule has 0 bridgehead atoms. The molecule has 2 amide bonds. The van der Waals surface area contributed by atoms with Gasteiger partial charge in [0.2, 0.25) is 0 Å². The Bertz CT molecular complexity index is 6280. The molecule has 58 heteroatoms. The average Bonchev–Trinajstić information content (AvgIpc) is 1.66. The summed E-state index contributed by atoms with van der Waals surface area (Å²) in [4.78, 5) is 189. The second-order valence-corrected chi connectivity index (χ2v) is 63.6. The van der Waals surface area contributed by atoms with Crippen LogP contribution in [-0.4, -0.2) is 417 Å². The third-order valence-corrected chi connectivity index (χ3v) is 31.0. The van der Waals surface area contributed by atoms with Crippen LogP contribution in [0.3, 0.4) is 0 Å². The van der Waals surface area contributed by atoms with E-state index in [1.807, 2.05) is 36.6 Å². The molecule has 0 aliphatic carbocycles. The summed E-state index contributed by atoms with van der Waals surface area (Å²) in [6.07, 6.45) is 0.992. The van der Waals surface area contributed by atoms with E-state index >= 15 is 0 Å². The van der Waals surface area contributed by atoms with Crippen molar-refractivity contribution in [2.45, 2.75) is 247 Å². The van der Waals surface area contributed by atoms with Crippen molar-refractivity contribution in [3.63, 3.8) is 0 Å². The molecule has 17 N–H and O–H groups in total. The minimum atomic E-state index is -5.37. The average molecular weight is 2250 g/mol. The smallest absolute Gasteiger partial charge is 0.459 e. The number of alkyl halides is 6. The van der Waals surface area contributed by atoms with Crippen LogP contribution >= 0.6 is 46.6 Å². The number of esters is 1. The monoisotopic (exact) mass is 2240 g/mol. The fourth-order valence-electron chi connectivity index (χ4n) is 15.6. The maximum absolute atomic E-state index is 13.2. The molecule has 149 heavy (non-hydrogen) atoms. The standard InChI is InChI=1S/C22H33F3N3O8P.C18H30N3O6P.C17H25F3N3O6P.C17H28N3O6P.C17H28N3O5PS/c1-21(2,3)36-14(29)11-27(19(33)22(23,24)25)9-12-10-28(20(34)26-17(12)32)18-16(31)15(30)13(35-18)7-8-37(4,5)6;1-11(22)8-19-9-12-10-21(18(25)20-16(12)24)17-15(26-2)14(23)13(27-17)6-7-28(3,4)5;1-22(15(27)17(18,19)20)7-9-8-23(16(28)21-13(9)26)14-12(25)11(24)10(29-14)5-6-30(2,3)4;1-10(21)7-18-8-11-9-20(17(25)19-15(11)24)16-14(23)13(22)12(26-16)5-6-27(2,3)4;1-10(21)7-18-8-11-9-20(17(27)19-15(11)24)16-14(23)13(22)12(25-16)5-6-26(2,3)4/h10,13,15-16,18,30-31H,4,7-9,11H2,1-3,5-6H3,(H,26,32,34);10,13-15,17,19,23H,3,6-9H2,1-2,4-5H3,(H,20,24,25);8,10-12,14,24-25H,2,5-7H2,1,3-4H3,(H,21,26,28);9,12-14,16,18,22-23H,2,5-8H2,1,3-4H3,(H,19,24,25);9,12-14,16,18,22-23H,2,5-8H2,1,3-4H3,(H,19,24,27)/t13-,15-,16-,18?;13-,14-,15-,17?;10-,11-,12-,14?;2*12-,13-,14-,16?/m11111/s1. The van der Waals surface area contributed by atoms with Crippen molar-refractivity contribution < 1.29 is 134 Å². The summed E-state index contributed by atoms with van der Waals surface area (Å²) in [5.74, 6) is -5.90. The van der Waals surface area contributed by atoms with Crippen molar-refractivity contribution in [3.05, 3.63) is 157 Å². The predicted octanol–water partition coefficient (Wildman–Crippen LogP) is -0.912. The quantitative estimate of drug-likeness (QED) is 0.00980. The first-order valence-corrected chi connectivity index (χ1v) is 62.5. The highest BCUT2D eigenvalue weighted by molar-refractivity contribution is 7.73. The number of aliphatic hydroxyl groups excluding tert-OH is 9. The van der Waals surface area contributed by atoms with Gasteiger partial charge in [-0.2, -0.15) is 26.3 Å². The lowest BCUT2D eigenvalue weighted by Crippen LogP contribution is -2.46.